The first-order chi connectivity index (χ1) is 25.3. The highest BCUT2D eigenvalue weighted by Gasteiger charge is 2.54. The molecule has 1 saturated heterocycles. The lowest BCUT2D eigenvalue weighted by molar-refractivity contribution is -0.149. The van der Waals surface area contributed by atoms with Crippen molar-refractivity contribution >= 4 is 35.3 Å². The molecule has 2 aliphatic carbocycles. The Morgan fingerprint density at radius 2 is 1.60 bits per heavy atom. The topological polar surface area (TPSA) is 180 Å². The summed E-state index contributed by atoms with van der Waals surface area (Å²) in [5.74, 6) is -3.59. The molecular formula is C40H55N7O6. The molecule has 7 atom stereocenters. The number of hydrogen-bond donors (Lipinski definition) is 4. The standard InChI is InChI=1S/C40H55N7O6/c1-6-13-29(33(48)38(52)43-24(2)25-14-9-7-10-15-25)44-37(51)32-27-18-19-28(22-27)47(32)39(53)34(40(3,4)5)46-36(50)31(26-16-11-8-12-17-26)45-35(49)30-23-41-20-21-42-30/h7,9-10,14-15,20-21,23-24,26-29,31-32,34H,6,8,11-13,16-19,22H2,1-5H3,(H,43,52)(H,44,51)(H,45,49)(H,46,50)/t24-,27-,28+,29?,31-,32-,34+/m0/s1. The highest BCUT2D eigenvalue weighted by atomic mass is 16.2. The molecule has 2 aromatic rings. The van der Waals surface area contributed by atoms with Crippen molar-refractivity contribution in [2.24, 2.45) is 17.3 Å². The van der Waals surface area contributed by atoms with E-state index in [4.69, 9.17) is 0 Å². The first kappa shape index (κ1) is 39.5. The molecule has 2 heterocycles. The lowest BCUT2D eigenvalue weighted by Crippen LogP contribution is -2.64. The molecule has 3 aliphatic rings. The van der Waals surface area contributed by atoms with Crippen molar-refractivity contribution in [3.63, 3.8) is 0 Å². The van der Waals surface area contributed by atoms with Crippen molar-refractivity contribution in [3.05, 3.63) is 60.2 Å². The summed E-state index contributed by atoms with van der Waals surface area (Å²) < 4.78 is 0. The van der Waals surface area contributed by atoms with Crippen molar-refractivity contribution in [1.29, 1.82) is 0 Å². The van der Waals surface area contributed by atoms with Crippen molar-refractivity contribution in [2.75, 3.05) is 0 Å². The molecule has 5 amide bonds. The highest BCUT2D eigenvalue weighted by molar-refractivity contribution is 6.38. The van der Waals surface area contributed by atoms with Crippen molar-refractivity contribution < 1.29 is 28.8 Å². The van der Waals surface area contributed by atoms with Crippen LogP contribution in [0.1, 0.15) is 121 Å². The minimum absolute atomic E-state index is 0.0922. The van der Waals surface area contributed by atoms with E-state index in [1.807, 2.05) is 58.0 Å². The largest absolute Gasteiger partial charge is 0.344 e. The number of Topliss-reactive ketones (excluding diaryl/α,β-unsaturated/α-hetero) is 1. The van der Waals surface area contributed by atoms with Crippen molar-refractivity contribution in [2.45, 2.75) is 135 Å². The van der Waals surface area contributed by atoms with Crippen LogP contribution in [0.15, 0.2) is 48.9 Å². The Labute approximate surface area is 312 Å². The quantitative estimate of drug-likeness (QED) is 0.212. The summed E-state index contributed by atoms with van der Waals surface area (Å²) in [4.78, 5) is 92.5. The van der Waals surface area contributed by atoms with Crippen LogP contribution in [0.3, 0.4) is 0 Å². The molecule has 0 radical (unpaired) electrons. The Kier molecular flexibility index (Phi) is 13.0. The van der Waals surface area contributed by atoms with Gasteiger partial charge in [0.1, 0.15) is 23.8 Å². The van der Waals surface area contributed by atoms with Gasteiger partial charge in [-0.05, 0) is 68.3 Å². The number of hydrogen-bond acceptors (Lipinski definition) is 8. The molecule has 0 spiro atoms. The fourth-order valence-corrected chi connectivity index (χ4v) is 8.23. The van der Waals surface area contributed by atoms with E-state index in [1.165, 1.54) is 18.6 Å². The summed E-state index contributed by atoms with van der Waals surface area (Å²) >= 11 is 0. The van der Waals surface area contributed by atoms with Crippen LogP contribution in [0.5, 0.6) is 0 Å². The molecular weight excluding hydrogens is 674 g/mol. The van der Waals surface area contributed by atoms with Gasteiger partial charge in [-0.25, -0.2) is 4.98 Å². The van der Waals surface area contributed by atoms with Crippen LogP contribution in [0, 0.1) is 17.3 Å². The van der Waals surface area contributed by atoms with Crippen LogP contribution in [0.25, 0.3) is 0 Å². The summed E-state index contributed by atoms with van der Waals surface area (Å²) in [5.41, 5.74) is 0.185. The summed E-state index contributed by atoms with van der Waals surface area (Å²) in [5, 5.41) is 11.5. The van der Waals surface area contributed by atoms with Crippen LogP contribution in [-0.2, 0) is 24.0 Å². The second-order valence-electron chi connectivity index (χ2n) is 16.0. The van der Waals surface area contributed by atoms with Gasteiger partial charge in [0.25, 0.3) is 11.8 Å². The molecule has 13 heteroatoms. The molecule has 2 bridgehead atoms. The van der Waals surface area contributed by atoms with Gasteiger partial charge in [0.05, 0.1) is 18.3 Å². The maximum atomic E-state index is 14.7. The normalized spacial score (nSPS) is 22.2. The Morgan fingerprint density at radius 3 is 2.25 bits per heavy atom. The molecule has 4 N–H and O–H groups in total. The number of nitrogens with zero attached hydrogens (tertiary/aromatic N) is 3. The third-order valence-electron chi connectivity index (χ3n) is 11.1. The number of nitrogens with one attached hydrogen (secondary N) is 4. The number of fused-ring (bicyclic) bond motifs is 2. The predicted molar refractivity (Wildman–Crippen MR) is 198 cm³/mol. The fourth-order valence-electron chi connectivity index (χ4n) is 8.23. The summed E-state index contributed by atoms with van der Waals surface area (Å²) in [7, 11) is 0. The number of carbonyl (C=O) groups excluding carboxylic acids is 6. The zero-order valence-electron chi connectivity index (χ0n) is 31.6. The minimum atomic E-state index is -1.06. The predicted octanol–water partition coefficient (Wildman–Crippen LogP) is 3.80. The van der Waals surface area contributed by atoms with Gasteiger partial charge >= 0.3 is 0 Å². The van der Waals surface area contributed by atoms with Crippen LogP contribution < -0.4 is 21.3 Å². The number of carbonyl (C=O) groups is 6. The Balaban J connectivity index is 1.33. The average Bonchev–Trinajstić information content (AvgIpc) is 3.78. The molecule has 5 rings (SSSR count). The van der Waals surface area contributed by atoms with Crippen LogP contribution in [-0.4, -0.2) is 80.4 Å². The van der Waals surface area contributed by atoms with Gasteiger partial charge < -0.3 is 26.2 Å². The third kappa shape index (κ3) is 9.47. The number of amides is 5. The van der Waals surface area contributed by atoms with Crippen LogP contribution >= 0.6 is 0 Å². The lowest BCUT2D eigenvalue weighted by atomic mass is 9.81. The molecule has 1 aromatic carbocycles. The number of benzene rings is 1. The van der Waals surface area contributed by atoms with Gasteiger partial charge in [-0.2, -0.15) is 0 Å². The minimum Gasteiger partial charge on any atom is -0.344 e. The van der Waals surface area contributed by atoms with E-state index in [0.29, 0.717) is 12.8 Å². The number of piperidine rings is 1. The average molecular weight is 730 g/mol. The molecule has 1 aliphatic heterocycles. The molecule has 1 unspecified atom stereocenters. The Morgan fingerprint density at radius 1 is 0.887 bits per heavy atom. The van der Waals surface area contributed by atoms with E-state index < -0.39 is 65.0 Å². The highest BCUT2D eigenvalue weighted by Crippen LogP contribution is 2.44. The summed E-state index contributed by atoms with van der Waals surface area (Å²) in [6, 6.07) is 4.87. The van der Waals surface area contributed by atoms with Crippen molar-refractivity contribution in [1.82, 2.24) is 36.1 Å². The first-order valence-electron chi connectivity index (χ1n) is 19.2. The molecule has 1 aromatic heterocycles. The van der Waals surface area contributed by atoms with Gasteiger partial charge in [0.15, 0.2) is 0 Å². The SMILES string of the molecule is CCCC(NC(=O)[C@@H]1[C@H]2CC[C@H](C2)N1C(=O)[C@@H](NC(=O)[C@@H](NC(=O)c1cnccn1)C1CCCCC1)C(C)(C)C)C(=O)C(=O)N[C@@H](C)c1ccccc1. The van der Waals surface area contributed by atoms with E-state index in [1.54, 1.807) is 11.8 Å². The van der Waals surface area contributed by atoms with Gasteiger partial charge in [-0.15, -0.1) is 0 Å². The monoisotopic (exact) mass is 729 g/mol. The fraction of sp³-hybridized carbons (Fsp3) is 0.600. The second kappa shape index (κ2) is 17.4. The van der Waals surface area contributed by atoms with Gasteiger partial charge in [0.2, 0.25) is 23.5 Å². The molecule has 53 heavy (non-hydrogen) atoms. The molecule has 13 nitrogen and oxygen atoms in total. The molecule has 2 saturated carbocycles. The Bertz CT molecular complexity index is 1620. The zero-order chi connectivity index (χ0) is 38.3. The number of ketones is 1. The molecule has 3 fully saturated rings. The van der Waals surface area contributed by atoms with E-state index >= 15 is 0 Å². The third-order valence-corrected chi connectivity index (χ3v) is 11.1. The van der Waals surface area contributed by atoms with Crippen LogP contribution in [0.4, 0.5) is 0 Å². The molecule has 286 valence electrons. The number of likely N-dealkylation sites (tertiary alicyclic amines) is 1. The first-order valence-corrected chi connectivity index (χ1v) is 19.2. The van der Waals surface area contributed by atoms with E-state index in [2.05, 4.69) is 31.2 Å². The van der Waals surface area contributed by atoms with E-state index in [-0.39, 0.29) is 35.9 Å². The van der Waals surface area contributed by atoms with E-state index in [0.717, 1.165) is 50.5 Å². The van der Waals surface area contributed by atoms with Crippen LogP contribution in [0.2, 0.25) is 0 Å². The lowest BCUT2D eigenvalue weighted by Gasteiger charge is -2.41. The number of aromatic nitrogens is 2. The maximum absolute atomic E-state index is 14.7. The smallest absolute Gasteiger partial charge is 0.290 e. The van der Waals surface area contributed by atoms with Gasteiger partial charge in [-0.1, -0.05) is 83.7 Å². The maximum Gasteiger partial charge on any atom is 0.290 e. The Hall–Kier alpha value is -4.68. The number of rotatable bonds is 14. The second-order valence-corrected chi connectivity index (χ2v) is 16.0. The summed E-state index contributed by atoms with van der Waals surface area (Å²) in [6.07, 6.45) is 11.6. The summed E-state index contributed by atoms with van der Waals surface area (Å²) in [6.45, 7) is 9.24. The van der Waals surface area contributed by atoms with Gasteiger partial charge in [-0.3, -0.25) is 33.8 Å². The van der Waals surface area contributed by atoms with E-state index in [9.17, 15) is 28.8 Å². The van der Waals surface area contributed by atoms with Gasteiger partial charge in [0, 0.05) is 18.4 Å². The zero-order valence-corrected chi connectivity index (χ0v) is 31.6. The van der Waals surface area contributed by atoms with Crippen molar-refractivity contribution in [3.8, 4) is 0 Å².